The van der Waals surface area contributed by atoms with Crippen LogP contribution in [-0.2, 0) is 0 Å². The highest BCUT2D eigenvalue weighted by molar-refractivity contribution is 5.73. The van der Waals surface area contributed by atoms with E-state index in [4.69, 9.17) is 0 Å². The Balaban J connectivity index is 1.32. The molecular formula is C17H19N7O. The molecular weight excluding hydrogens is 318 g/mol. The first-order valence-electron chi connectivity index (χ1n) is 8.33. The number of hydrogen-bond donors (Lipinski definition) is 2. The average molecular weight is 337 g/mol. The number of nitrogens with zero attached hydrogens (tertiary/aromatic N) is 5. The molecule has 3 aromatic rings. The molecule has 1 aromatic carbocycles. The maximum atomic E-state index is 11.9. The Morgan fingerprint density at radius 3 is 2.64 bits per heavy atom. The van der Waals surface area contributed by atoms with Crippen molar-refractivity contribution in [2.75, 3.05) is 43.6 Å². The molecule has 0 unspecified atom stereocenters. The minimum absolute atomic E-state index is 0.212. The second-order valence-corrected chi connectivity index (χ2v) is 7.22. The fraction of sp³-hybridized carbons (Fsp3) is 0.353. The van der Waals surface area contributed by atoms with Crippen molar-refractivity contribution in [2.24, 2.45) is 5.41 Å². The van der Waals surface area contributed by atoms with E-state index in [1.807, 2.05) is 12.1 Å². The van der Waals surface area contributed by atoms with Gasteiger partial charge in [-0.15, -0.1) is 0 Å². The summed E-state index contributed by atoms with van der Waals surface area (Å²) >= 11 is 0. The van der Waals surface area contributed by atoms with Crippen LogP contribution < -0.4 is 15.9 Å². The summed E-state index contributed by atoms with van der Waals surface area (Å²) < 4.78 is 0. The fourth-order valence-electron chi connectivity index (χ4n) is 4.08. The van der Waals surface area contributed by atoms with Crippen LogP contribution in [0.5, 0.6) is 0 Å². The van der Waals surface area contributed by atoms with Gasteiger partial charge >= 0.3 is 0 Å². The molecule has 128 valence electrons. The monoisotopic (exact) mass is 337 g/mol. The van der Waals surface area contributed by atoms with E-state index in [2.05, 4.69) is 49.5 Å². The zero-order valence-corrected chi connectivity index (χ0v) is 13.9. The first kappa shape index (κ1) is 14.5. The molecule has 2 fully saturated rings. The number of H-pyrrole nitrogens is 1. The number of anilines is 2. The number of benzene rings is 1. The number of aromatic amines is 1. The summed E-state index contributed by atoms with van der Waals surface area (Å²) in [4.78, 5) is 26.2. The standard InChI is InChI=1S/C17H19N7O/c1-22-7-17(8-22)9-23(10-17)13-4-2-12(3-5-13)20-24-15-14(16(25)21-24)6-18-11-19-15/h2-6,11,20H,7-10H2,1H3,(H,21,25). The van der Waals surface area contributed by atoms with E-state index in [1.54, 1.807) is 0 Å². The molecule has 2 aliphatic rings. The summed E-state index contributed by atoms with van der Waals surface area (Å²) in [5.41, 5.74) is 6.12. The van der Waals surface area contributed by atoms with Gasteiger partial charge in [-0.25, -0.2) is 15.1 Å². The van der Waals surface area contributed by atoms with Gasteiger partial charge in [-0.3, -0.25) is 10.2 Å². The Labute approximate surface area is 144 Å². The van der Waals surface area contributed by atoms with Gasteiger partial charge in [0.2, 0.25) is 0 Å². The van der Waals surface area contributed by atoms with E-state index in [0.717, 1.165) is 18.8 Å². The molecule has 2 aliphatic heterocycles. The molecule has 0 atom stereocenters. The predicted octanol–water partition coefficient (Wildman–Crippen LogP) is 0.747. The smallest absolute Gasteiger partial charge is 0.276 e. The van der Waals surface area contributed by atoms with Crippen LogP contribution in [0.1, 0.15) is 0 Å². The molecule has 0 amide bonds. The quantitative estimate of drug-likeness (QED) is 0.734. The van der Waals surface area contributed by atoms with Gasteiger partial charge in [0.05, 0.1) is 5.69 Å². The van der Waals surface area contributed by atoms with Crippen LogP contribution in [0.25, 0.3) is 11.0 Å². The van der Waals surface area contributed by atoms with E-state index in [0.29, 0.717) is 16.4 Å². The second kappa shape index (κ2) is 5.06. The number of fused-ring (bicyclic) bond motifs is 1. The lowest BCUT2D eigenvalue weighted by Crippen LogP contribution is -2.71. The van der Waals surface area contributed by atoms with Crippen LogP contribution >= 0.6 is 0 Å². The average Bonchev–Trinajstić information content (AvgIpc) is 2.87. The number of likely N-dealkylation sites (tertiary alicyclic amines) is 1. The van der Waals surface area contributed by atoms with Crippen LogP contribution in [-0.4, -0.2) is 58.0 Å². The van der Waals surface area contributed by atoms with Gasteiger partial charge in [-0.2, -0.15) is 4.79 Å². The summed E-state index contributed by atoms with van der Waals surface area (Å²) in [5, 5.41) is 3.18. The molecule has 2 aromatic heterocycles. The molecule has 2 saturated heterocycles. The van der Waals surface area contributed by atoms with E-state index in [9.17, 15) is 4.79 Å². The first-order chi connectivity index (χ1) is 12.1. The lowest BCUT2D eigenvalue weighted by Gasteiger charge is -2.60. The lowest BCUT2D eigenvalue weighted by atomic mass is 9.73. The lowest BCUT2D eigenvalue weighted by molar-refractivity contribution is -0.00238. The van der Waals surface area contributed by atoms with Gasteiger partial charge in [0.15, 0.2) is 5.65 Å². The van der Waals surface area contributed by atoms with E-state index < -0.39 is 0 Å². The second-order valence-electron chi connectivity index (χ2n) is 7.22. The van der Waals surface area contributed by atoms with Crippen LogP contribution in [0.15, 0.2) is 41.6 Å². The topological polar surface area (TPSA) is 82.1 Å². The van der Waals surface area contributed by atoms with Crippen LogP contribution in [0.3, 0.4) is 0 Å². The Bertz CT molecular complexity index is 976. The van der Waals surface area contributed by atoms with Crippen molar-refractivity contribution >= 4 is 22.4 Å². The normalized spacial score (nSPS) is 19.0. The molecule has 4 heterocycles. The summed E-state index contributed by atoms with van der Waals surface area (Å²) in [6.07, 6.45) is 2.94. The van der Waals surface area contributed by atoms with Gasteiger partial charge in [0.25, 0.3) is 5.56 Å². The zero-order valence-electron chi connectivity index (χ0n) is 13.9. The summed E-state index contributed by atoms with van der Waals surface area (Å²) in [6, 6.07) is 8.24. The Morgan fingerprint density at radius 2 is 1.92 bits per heavy atom. The van der Waals surface area contributed by atoms with Crippen molar-refractivity contribution in [3.63, 3.8) is 0 Å². The summed E-state index contributed by atoms with van der Waals surface area (Å²) in [7, 11) is 2.18. The number of aromatic nitrogens is 4. The van der Waals surface area contributed by atoms with Crippen molar-refractivity contribution in [1.82, 2.24) is 24.8 Å². The van der Waals surface area contributed by atoms with Crippen molar-refractivity contribution < 1.29 is 0 Å². The van der Waals surface area contributed by atoms with Crippen molar-refractivity contribution in [3.8, 4) is 0 Å². The maximum absolute atomic E-state index is 11.9. The van der Waals surface area contributed by atoms with E-state index in [1.165, 1.54) is 36.1 Å². The van der Waals surface area contributed by atoms with Gasteiger partial charge in [0, 0.05) is 43.5 Å². The third-order valence-corrected chi connectivity index (χ3v) is 5.10. The van der Waals surface area contributed by atoms with Gasteiger partial charge in [-0.1, -0.05) is 0 Å². The number of nitrogens with one attached hydrogen (secondary N) is 2. The van der Waals surface area contributed by atoms with Gasteiger partial charge < -0.3 is 9.80 Å². The number of rotatable bonds is 3. The largest absolute Gasteiger partial charge is 0.370 e. The van der Waals surface area contributed by atoms with Gasteiger partial charge in [-0.05, 0) is 31.3 Å². The minimum atomic E-state index is -0.212. The van der Waals surface area contributed by atoms with E-state index in [-0.39, 0.29) is 5.56 Å². The van der Waals surface area contributed by atoms with Crippen molar-refractivity contribution in [3.05, 3.63) is 47.1 Å². The molecule has 0 saturated carbocycles. The molecule has 2 N–H and O–H groups in total. The molecule has 0 bridgehead atoms. The van der Waals surface area contributed by atoms with Crippen LogP contribution in [0, 0.1) is 5.41 Å². The van der Waals surface area contributed by atoms with Crippen molar-refractivity contribution in [1.29, 1.82) is 0 Å². The summed E-state index contributed by atoms with van der Waals surface area (Å²) in [5.74, 6) is 0. The van der Waals surface area contributed by atoms with Crippen LogP contribution in [0.4, 0.5) is 11.4 Å². The zero-order chi connectivity index (χ0) is 17.0. The summed E-state index contributed by atoms with van der Waals surface area (Å²) in [6.45, 7) is 4.69. The Hall–Kier alpha value is -2.87. The Morgan fingerprint density at radius 1 is 1.16 bits per heavy atom. The number of hydrogen-bond acceptors (Lipinski definition) is 6. The van der Waals surface area contributed by atoms with Crippen LogP contribution in [0.2, 0.25) is 0 Å². The highest BCUT2D eigenvalue weighted by Gasteiger charge is 2.50. The first-order valence-corrected chi connectivity index (χ1v) is 8.33. The SMILES string of the molecule is CN1CC2(C1)CN(c1ccc(Nn3[nH]c(=O)c4cncnc43)cc1)C2. The molecule has 1 spiro atoms. The highest BCUT2D eigenvalue weighted by atomic mass is 16.1. The molecule has 8 nitrogen and oxygen atoms in total. The maximum Gasteiger partial charge on any atom is 0.276 e. The van der Waals surface area contributed by atoms with Gasteiger partial charge in [0.1, 0.15) is 11.7 Å². The highest BCUT2D eigenvalue weighted by Crippen LogP contribution is 2.41. The molecule has 8 heteroatoms. The predicted molar refractivity (Wildman–Crippen MR) is 95.8 cm³/mol. The van der Waals surface area contributed by atoms with Crippen molar-refractivity contribution in [2.45, 2.75) is 0 Å². The third kappa shape index (κ3) is 2.29. The molecule has 25 heavy (non-hydrogen) atoms. The molecule has 0 radical (unpaired) electrons. The Kier molecular flexibility index (Phi) is 2.93. The molecule has 0 aliphatic carbocycles. The molecule has 5 rings (SSSR count). The third-order valence-electron chi connectivity index (χ3n) is 5.10. The fourth-order valence-corrected chi connectivity index (χ4v) is 4.08. The van der Waals surface area contributed by atoms with E-state index >= 15 is 0 Å². The minimum Gasteiger partial charge on any atom is -0.370 e.